The number of pyridine rings is 1. The Kier molecular flexibility index (Phi) is 4.34. The van der Waals surface area contributed by atoms with E-state index in [4.69, 9.17) is 22.7 Å². The minimum Gasteiger partial charge on any atom is -0.394 e. The van der Waals surface area contributed by atoms with E-state index >= 15 is 0 Å². The Bertz CT molecular complexity index is 493. The van der Waals surface area contributed by atoms with Crippen LogP contribution in [0, 0.1) is 13.8 Å². The Labute approximate surface area is 118 Å². The van der Waals surface area contributed by atoms with Gasteiger partial charge in [-0.1, -0.05) is 12.2 Å². The number of aryl methyl sites for hydroxylation is 2. The summed E-state index contributed by atoms with van der Waals surface area (Å²) in [6, 6.07) is 1.99. The number of hydrogen-bond donors (Lipinski definition) is 2. The van der Waals surface area contributed by atoms with E-state index in [2.05, 4.69) is 9.88 Å². The van der Waals surface area contributed by atoms with Gasteiger partial charge in [0.2, 0.25) is 0 Å². The van der Waals surface area contributed by atoms with Crippen LogP contribution in [0.25, 0.3) is 0 Å². The molecule has 1 aromatic heterocycles. The number of nitrogens with zero attached hydrogens (tertiary/aromatic N) is 2. The summed E-state index contributed by atoms with van der Waals surface area (Å²) < 4.78 is 5.47. The third-order valence-corrected chi connectivity index (χ3v) is 3.44. The van der Waals surface area contributed by atoms with Crippen LogP contribution in [0.4, 0.5) is 5.69 Å². The summed E-state index contributed by atoms with van der Waals surface area (Å²) in [6.45, 7) is 5.85. The maximum absolute atomic E-state index is 9.23. The fourth-order valence-electron chi connectivity index (χ4n) is 2.41. The first-order valence-corrected chi connectivity index (χ1v) is 6.69. The van der Waals surface area contributed by atoms with Crippen LogP contribution < -0.4 is 10.6 Å². The number of morpholine rings is 1. The maximum Gasteiger partial charge on any atom is 0.107 e. The first kappa shape index (κ1) is 14.2. The summed E-state index contributed by atoms with van der Waals surface area (Å²) in [5.41, 5.74) is 9.40. The Morgan fingerprint density at radius 1 is 1.63 bits per heavy atom. The molecule has 0 aliphatic carbocycles. The van der Waals surface area contributed by atoms with E-state index in [0.717, 1.165) is 29.2 Å². The normalized spacial score (nSPS) is 19.5. The van der Waals surface area contributed by atoms with E-state index < -0.39 is 0 Å². The predicted molar refractivity (Wildman–Crippen MR) is 78.6 cm³/mol. The lowest BCUT2D eigenvalue weighted by Gasteiger charge is -2.35. The summed E-state index contributed by atoms with van der Waals surface area (Å²) in [7, 11) is 0. The number of rotatable bonds is 3. The monoisotopic (exact) mass is 281 g/mol. The maximum atomic E-state index is 9.23. The third kappa shape index (κ3) is 3.02. The van der Waals surface area contributed by atoms with Crippen LogP contribution in [0.2, 0.25) is 0 Å². The molecule has 1 saturated heterocycles. The lowest BCUT2D eigenvalue weighted by molar-refractivity contribution is 0.00355. The zero-order chi connectivity index (χ0) is 14.0. The van der Waals surface area contributed by atoms with Gasteiger partial charge in [0.05, 0.1) is 30.6 Å². The second kappa shape index (κ2) is 5.81. The van der Waals surface area contributed by atoms with Crippen LogP contribution >= 0.6 is 12.2 Å². The Balaban J connectivity index is 2.40. The molecule has 5 nitrogen and oxygen atoms in total. The molecular formula is C13H19N3O2S. The molecule has 1 atom stereocenters. The number of ether oxygens (including phenoxy) is 1. The van der Waals surface area contributed by atoms with E-state index in [0.29, 0.717) is 18.1 Å². The molecule has 2 heterocycles. The molecule has 19 heavy (non-hydrogen) atoms. The Hall–Kier alpha value is -1.24. The second-order valence-corrected chi connectivity index (χ2v) is 5.17. The fraction of sp³-hybridized carbons (Fsp3) is 0.538. The summed E-state index contributed by atoms with van der Waals surface area (Å²) in [6.07, 6.45) is -0.165. The largest absolute Gasteiger partial charge is 0.394 e. The van der Waals surface area contributed by atoms with E-state index in [1.807, 2.05) is 19.9 Å². The number of thiocarbonyl (C=S) groups is 1. The van der Waals surface area contributed by atoms with E-state index in [1.54, 1.807) is 0 Å². The topological polar surface area (TPSA) is 71.6 Å². The van der Waals surface area contributed by atoms with Crippen molar-refractivity contribution in [2.45, 2.75) is 20.0 Å². The van der Waals surface area contributed by atoms with Gasteiger partial charge in [0.25, 0.3) is 0 Å². The van der Waals surface area contributed by atoms with Crippen molar-refractivity contribution >= 4 is 22.9 Å². The Morgan fingerprint density at radius 3 is 3.00 bits per heavy atom. The van der Waals surface area contributed by atoms with E-state index in [-0.39, 0.29) is 12.7 Å². The number of hydrogen-bond acceptors (Lipinski definition) is 5. The lowest BCUT2D eigenvalue weighted by Crippen LogP contribution is -2.45. The van der Waals surface area contributed by atoms with Gasteiger partial charge in [0, 0.05) is 24.5 Å². The molecule has 2 rings (SSSR count). The van der Waals surface area contributed by atoms with Gasteiger partial charge in [-0.15, -0.1) is 0 Å². The predicted octanol–water partition coefficient (Wildman–Crippen LogP) is 0.530. The molecule has 1 aliphatic heterocycles. The Morgan fingerprint density at radius 2 is 2.37 bits per heavy atom. The van der Waals surface area contributed by atoms with Gasteiger partial charge in [-0.05, 0) is 19.9 Å². The van der Waals surface area contributed by atoms with Crippen LogP contribution in [0.1, 0.15) is 17.0 Å². The molecule has 0 aromatic carbocycles. The summed E-state index contributed by atoms with van der Waals surface area (Å²) in [5, 5.41) is 9.23. The van der Waals surface area contributed by atoms with Crippen molar-refractivity contribution in [3.8, 4) is 0 Å². The average molecular weight is 281 g/mol. The first-order chi connectivity index (χ1) is 9.02. The van der Waals surface area contributed by atoms with Gasteiger partial charge < -0.3 is 20.5 Å². The fourth-order valence-corrected chi connectivity index (χ4v) is 2.66. The molecule has 1 aliphatic rings. The van der Waals surface area contributed by atoms with Crippen LogP contribution in [-0.2, 0) is 4.74 Å². The molecule has 0 bridgehead atoms. The highest BCUT2D eigenvalue weighted by atomic mass is 32.1. The van der Waals surface area contributed by atoms with Crippen molar-refractivity contribution in [2.24, 2.45) is 5.73 Å². The minimum absolute atomic E-state index is 0.0158. The SMILES string of the molecule is Cc1cc(N2CCOC(CO)C2)c(C(N)=S)c(C)n1. The number of aliphatic hydroxyl groups is 1. The highest BCUT2D eigenvalue weighted by Crippen LogP contribution is 2.25. The summed E-state index contributed by atoms with van der Waals surface area (Å²) in [5.74, 6) is 0. The van der Waals surface area contributed by atoms with Crippen molar-refractivity contribution in [1.82, 2.24) is 4.98 Å². The molecule has 6 heteroatoms. The van der Waals surface area contributed by atoms with Crippen molar-refractivity contribution in [3.63, 3.8) is 0 Å². The highest BCUT2D eigenvalue weighted by molar-refractivity contribution is 7.80. The van der Waals surface area contributed by atoms with Gasteiger partial charge in [-0.3, -0.25) is 4.98 Å². The van der Waals surface area contributed by atoms with Crippen molar-refractivity contribution in [3.05, 3.63) is 23.0 Å². The average Bonchev–Trinajstić information content (AvgIpc) is 2.37. The summed E-state index contributed by atoms with van der Waals surface area (Å²) >= 11 is 5.14. The van der Waals surface area contributed by atoms with Crippen LogP contribution in [0.5, 0.6) is 0 Å². The standard InChI is InChI=1S/C13H19N3O2S/c1-8-5-11(12(13(14)19)9(2)15-8)16-3-4-18-10(6-16)7-17/h5,10,17H,3-4,6-7H2,1-2H3,(H2,14,19). The molecule has 0 amide bonds. The molecule has 1 fully saturated rings. The molecule has 104 valence electrons. The second-order valence-electron chi connectivity index (χ2n) is 4.73. The molecule has 0 saturated carbocycles. The first-order valence-electron chi connectivity index (χ1n) is 6.28. The van der Waals surface area contributed by atoms with Crippen molar-refractivity contribution in [2.75, 3.05) is 31.2 Å². The van der Waals surface area contributed by atoms with Gasteiger partial charge in [0.15, 0.2) is 0 Å². The van der Waals surface area contributed by atoms with Gasteiger partial charge >= 0.3 is 0 Å². The third-order valence-electron chi connectivity index (χ3n) is 3.24. The highest BCUT2D eigenvalue weighted by Gasteiger charge is 2.23. The number of aliphatic hydroxyl groups excluding tert-OH is 1. The van der Waals surface area contributed by atoms with Gasteiger partial charge in [0.1, 0.15) is 4.99 Å². The molecule has 1 unspecified atom stereocenters. The van der Waals surface area contributed by atoms with E-state index in [1.165, 1.54) is 0 Å². The van der Waals surface area contributed by atoms with Crippen molar-refractivity contribution < 1.29 is 9.84 Å². The summed E-state index contributed by atoms with van der Waals surface area (Å²) in [4.78, 5) is 6.92. The minimum atomic E-state index is -0.165. The lowest BCUT2D eigenvalue weighted by atomic mass is 10.1. The molecule has 3 N–H and O–H groups in total. The van der Waals surface area contributed by atoms with Crippen LogP contribution in [0.3, 0.4) is 0 Å². The van der Waals surface area contributed by atoms with Gasteiger partial charge in [-0.2, -0.15) is 0 Å². The van der Waals surface area contributed by atoms with Crippen LogP contribution in [-0.4, -0.2) is 47.5 Å². The molecule has 0 radical (unpaired) electrons. The smallest absolute Gasteiger partial charge is 0.107 e. The number of anilines is 1. The molecular weight excluding hydrogens is 262 g/mol. The molecule has 1 aromatic rings. The zero-order valence-electron chi connectivity index (χ0n) is 11.2. The van der Waals surface area contributed by atoms with E-state index in [9.17, 15) is 5.11 Å². The number of nitrogens with two attached hydrogens (primary N) is 1. The van der Waals surface area contributed by atoms with Crippen molar-refractivity contribution in [1.29, 1.82) is 0 Å². The molecule has 0 spiro atoms. The zero-order valence-corrected chi connectivity index (χ0v) is 12.0. The number of aromatic nitrogens is 1. The van der Waals surface area contributed by atoms with Gasteiger partial charge in [-0.25, -0.2) is 0 Å². The van der Waals surface area contributed by atoms with Crippen LogP contribution in [0.15, 0.2) is 6.07 Å². The quantitative estimate of drug-likeness (QED) is 0.788.